The number of halogens is 1. The largest absolute Gasteiger partial charge is 0.477 e. The fourth-order valence-electron chi connectivity index (χ4n) is 2.26. The molecule has 0 radical (unpaired) electrons. The first-order valence-electron chi connectivity index (χ1n) is 6.58. The van der Waals surface area contributed by atoms with Crippen LogP contribution in [0.3, 0.4) is 0 Å². The van der Waals surface area contributed by atoms with E-state index in [-0.39, 0.29) is 10.7 Å². The first-order chi connectivity index (χ1) is 9.95. The van der Waals surface area contributed by atoms with E-state index in [0.717, 1.165) is 17.1 Å². The second-order valence-electron chi connectivity index (χ2n) is 5.05. The summed E-state index contributed by atoms with van der Waals surface area (Å²) in [5, 5.41) is 9.83. The number of thioether (sulfide) groups is 1. The number of hydrogen-bond acceptors (Lipinski definition) is 4. The minimum Gasteiger partial charge on any atom is -0.477 e. The lowest BCUT2D eigenvalue weighted by Crippen LogP contribution is -2.30. The van der Waals surface area contributed by atoms with Crippen molar-refractivity contribution in [3.63, 3.8) is 0 Å². The van der Waals surface area contributed by atoms with Gasteiger partial charge >= 0.3 is 5.97 Å². The number of nitrogens with zero attached hydrogens (tertiary/aromatic N) is 1. The quantitative estimate of drug-likeness (QED) is 0.873. The number of hydrogen-bond donors (Lipinski definition) is 1. The van der Waals surface area contributed by atoms with Crippen LogP contribution in [0.5, 0.6) is 0 Å². The molecular weight excluding hydrogens is 309 g/mol. The van der Waals surface area contributed by atoms with E-state index in [1.165, 1.54) is 6.07 Å². The van der Waals surface area contributed by atoms with Gasteiger partial charge in [-0.2, -0.15) is 11.8 Å². The number of thiophene rings is 1. The van der Waals surface area contributed by atoms with Crippen LogP contribution in [0.1, 0.15) is 22.2 Å². The van der Waals surface area contributed by atoms with Gasteiger partial charge in [-0.05, 0) is 32.4 Å². The third kappa shape index (κ3) is 3.39. The van der Waals surface area contributed by atoms with Crippen LogP contribution in [-0.2, 0) is 6.54 Å². The van der Waals surface area contributed by atoms with E-state index in [1.807, 2.05) is 13.3 Å². The van der Waals surface area contributed by atoms with Gasteiger partial charge in [-0.15, -0.1) is 11.3 Å². The lowest BCUT2D eigenvalue weighted by Gasteiger charge is -2.24. The van der Waals surface area contributed by atoms with E-state index in [2.05, 4.69) is 11.8 Å². The van der Waals surface area contributed by atoms with Gasteiger partial charge < -0.3 is 5.11 Å². The molecule has 0 saturated carbocycles. The molecule has 114 valence electrons. The Morgan fingerprint density at radius 1 is 1.52 bits per heavy atom. The smallest absolute Gasteiger partial charge is 0.346 e. The lowest BCUT2D eigenvalue weighted by molar-refractivity contribution is 0.0700. The van der Waals surface area contributed by atoms with Gasteiger partial charge in [0.15, 0.2) is 0 Å². The van der Waals surface area contributed by atoms with Crippen LogP contribution in [0.25, 0.3) is 10.1 Å². The van der Waals surface area contributed by atoms with E-state index in [0.29, 0.717) is 28.2 Å². The van der Waals surface area contributed by atoms with Crippen LogP contribution in [-0.4, -0.2) is 41.1 Å². The van der Waals surface area contributed by atoms with Gasteiger partial charge in [-0.3, -0.25) is 4.90 Å². The van der Waals surface area contributed by atoms with Crippen molar-refractivity contribution < 1.29 is 14.3 Å². The summed E-state index contributed by atoms with van der Waals surface area (Å²) in [6, 6.07) is 5.06. The number of aromatic carboxylic acids is 1. The Morgan fingerprint density at radius 2 is 2.24 bits per heavy atom. The molecule has 2 aromatic rings. The molecule has 0 aliphatic rings. The van der Waals surface area contributed by atoms with Crippen molar-refractivity contribution in [3.8, 4) is 0 Å². The predicted octanol–water partition coefficient (Wildman–Crippen LogP) is 3.92. The minimum atomic E-state index is -0.989. The summed E-state index contributed by atoms with van der Waals surface area (Å²) in [5.41, 5.74) is 0.580. The maximum atomic E-state index is 14.1. The number of carbonyl (C=O) groups is 1. The zero-order valence-electron chi connectivity index (χ0n) is 12.2. The lowest BCUT2D eigenvalue weighted by atomic mass is 10.1. The second-order valence-corrected chi connectivity index (χ2v) is 7.01. The summed E-state index contributed by atoms with van der Waals surface area (Å²) >= 11 is 2.88. The van der Waals surface area contributed by atoms with Crippen molar-refractivity contribution in [2.24, 2.45) is 0 Å². The molecule has 0 aliphatic carbocycles. The average Bonchev–Trinajstić information content (AvgIpc) is 2.79. The fraction of sp³-hybridized carbons (Fsp3) is 0.400. The van der Waals surface area contributed by atoms with Crippen LogP contribution in [0, 0.1) is 5.82 Å². The van der Waals surface area contributed by atoms with Gasteiger partial charge in [0, 0.05) is 34.0 Å². The van der Waals surface area contributed by atoms with Crippen LogP contribution in [0.2, 0.25) is 0 Å². The van der Waals surface area contributed by atoms with Gasteiger partial charge in [0.05, 0.1) is 0 Å². The van der Waals surface area contributed by atoms with Crippen LogP contribution >= 0.6 is 23.1 Å². The number of rotatable bonds is 6. The molecule has 0 aliphatic heterocycles. The molecular formula is C15H18FNO2S2. The maximum Gasteiger partial charge on any atom is 0.346 e. The van der Waals surface area contributed by atoms with E-state index in [1.54, 1.807) is 23.9 Å². The van der Waals surface area contributed by atoms with Crippen molar-refractivity contribution >= 4 is 39.2 Å². The number of benzene rings is 1. The van der Waals surface area contributed by atoms with Crippen LogP contribution in [0.15, 0.2) is 18.2 Å². The molecule has 0 saturated heterocycles. The second kappa shape index (κ2) is 6.77. The molecule has 1 heterocycles. The Hall–Kier alpha value is -1.11. The van der Waals surface area contributed by atoms with Crippen molar-refractivity contribution in [2.75, 3.05) is 19.1 Å². The normalized spacial score (nSPS) is 13.0. The zero-order valence-corrected chi connectivity index (χ0v) is 13.9. The van der Waals surface area contributed by atoms with Gasteiger partial charge in [-0.25, -0.2) is 9.18 Å². The number of carboxylic acids is 1. The van der Waals surface area contributed by atoms with Gasteiger partial charge in [0.1, 0.15) is 10.7 Å². The van der Waals surface area contributed by atoms with E-state index >= 15 is 0 Å². The topological polar surface area (TPSA) is 40.5 Å². The Balaban J connectivity index is 2.45. The van der Waals surface area contributed by atoms with E-state index < -0.39 is 5.97 Å². The molecule has 21 heavy (non-hydrogen) atoms. The van der Waals surface area contributed by atoms with Crippen molar-refractivity contribution in [3.05, 3.63) is 34.5 Å². The van der Waals surface area contributed by atoms with Crippen molar-refractivity contribution in [1.29, 1.82) is 0 Å². The molecule has 1 aromatic heterocycles. The third-order valence-corrected chi connectivity index (χ3v) is 5.53. The zero-order chi connectivity index (χ0) is 15.6. The summed E-state index contributed by atoms with van der Waals surface area (Å²) < 4.78 is 14.8. The maximum absolute atomic E-state index is 14.1. The molecule has 0 bridgehead atoms. The molecule has 1 atom stereocenters. The first kappa shape index (κ1) is 16.3. The molecule has 3 nitrogen and oxygen atoms in total. The van der Waals surface area contributed by atoms with Crippen molar-refractivity contribution in [2.45, 2.75) is 19.5 Å². The van der Waals surface area contributed by atoms with Crippen LogP contribution < -0.4 is 0 Å². The fourth-order valence-corrected chi connectivity index (χ4v) is 4.07. The molecule has 6 heteroatoms. The molecule has 0 amide bonds. The summed E-state index contributed by atoms with van der Waals surface area (Å²) in [5.74, 6) is -0.391. The Kier molecular flexibility index (Phi) is 5.24. The van der Waals surface area contributed by atoms with Gasteiger partial charge in [-0.1, -0.05) is 6.07 Å². The van der Waals surface area contributed by atoms with Crippen molar-refractivity contribution in [1.82, 2.24) is 4.90 Å². The van der Waals surface area contributed by atoms with Gasteiger partial charge in [0.25, 0.3) is 0 Å². The highest BCUT2D eigenvalue weighted by Gasteiger charge is 2.22. The summed E-state index contributed by atoms with van der Waals surface area (Å²) in [7, 11) is 1.94. The molecule has 1 unspecified atom stereocenters. The first-order valence-corrected chi connectivity index (χ1v) is 8.79. The van der Waals surface area contributed by atoms with Crippen LogP contribution in [0.4, 0.5) is 4.39 Å². The molecule has 0 spiro atoms. The Labute approximate surface area is 131 Å². The van der Waals surface area contributed by atoms with E-state index in [4.69, 9.17) is 0 Å². The average molecular weight is 327 g/mol. The molecule has 1 aromatic carbocycles. The summed E-state index contributed by atoms with van der Waals surface area (Å²) in [6.45, 7) is 2.52. The monoisotopic (exact) mass is 327 g/mol. The van der Waals surface area contributed by atoms with E-state index in [9.17, 15) is 14.3 Å². The SMILES string of the molecule is CSCC(C)N(C)Cc1c(C(=O)O)sc2cccc(F)c12. The third-order valence-electron chi connectivity index (χ3n) is 3.53. The standard InChI is InChI=1S/C15H18FNO2S2/c1-9(8-20-3)17(2)7-10-13-11(16)5-4-6-12(13)21-14(10)15(18)19/h4-6,9H,7-8H2,1-3H3,(H,18,19). The van der Waals surface area contributed by atoms with Gasteiger partial charge in [0.2, 0.25) is 0 Å². The number of carboxylic acid groups (broad SMARTS) is 1. The molecule has 1 N–H and O–H groups in total. The predicted molar refractivity (Wildman–Crippen MR) is 88.1 cm³/mol. The minimum absolute atomic E-state index is 0.235. The molecule has 0 fully saturated rings. The highest BCUT2D eigenvalue weighted by atomic mass is 32.2. The Morgan fingerprint density at radius 3 is 2.86 bits per heavy atom. The Bertz CT molecular complexity index is 656. The highest BCUT2D eigenvalue weighted by molar-refractivity contribution is 7.98. The summed E-state index contributed by atoms with van der Waals surface area (Å²) in [4.78, 5) is 13.7. The molecule has 2 rings (SSSR count). The summed E-state index contributed by atoms with van der Waals surface area (Å²) in [6.07, 6.45) is 2.03. The number of fused-ring (bicyclic) bond motifs is 1. The highest BCUT2D eigenvalue weighted by Crippen LogP contribution is 2.34.